The van der Waals surface area contributed by atoms with Crippen molar-refractivity contribution in [2.45, 2.75) is 52.5 Å². The summed E-state index contributed by atoms with van der Waals surface area (Å²) in [4.78, 5) is 35.2. The van der Waals surface area contributed by atoms with Gasteiger partial charge in [0.05, 0.1) is 6.54 Å². The lowest BCUT2D eigenvalue weighted by molar-refractivity contribution is -0.138. The molecule has 0 aliphatic carbocycles. The summed E-state index contributed by atoms with van der Waals surface area (Å²) < 4.78 is 0. The first-order valence-electron chi connectivity index (χ1n) is 6.65. The fraction of sp³-hybridized carbons (Fsp3) is 0.769. The van der Waals surface area contributed by atoms with Crippen molar-refractivity contribution in [2.75, 3.05) is 13.1 Å². The topological polar surface area (TPSA) is 86.7 Å². The molecule has 2 N–H and O–H groups in total. The van der Waals surface area contributed by atoms with E-state index in [4.69, 9.17) is 5.11 Å². The fourth-order valence-electron chi connectivity index (χ4n) is 1.63. The maximum Gasteiger partial charge on any atom is 0.303 e. The Morgan fingerprint density at radius 1 is 1.16 bits per heavy atom. The minimum absolute atomic E-state index is 0.0527. The zero-order chi connectivity index (χ0) is 14.8. The van der Waals surface area contributed by atoms with Crippen molar-refractivity contribution >= 4 is 17.8 Å². The standard InChI is InChI=1S/C13H24N2O4/c1-4-15(9-11(16)14-10(2)3)12(17)7-5-6-8-13(18)19/h10H,4-9H2,1-3H3,(H,14,16)(H,18,19). The van der Waals surface area contributed by atoms with Crippen molar-refractivity contribution < 1.29 is 19.5 Å². The van der Waals surface area contributed by atoms with E-state index < -0.39 is 5.97 Å². The van der Waals surface area contributed by atoms with Crippen molar-refractivity contribution in [1.82, 2.24) is 10.2 Å². The Morgan fingerprint density at radius 3 is 2.21 bits per heavy atom. The third kappa shape index (κ3) is 9.04. The average molecular weight is 272 g/mol. The number of likely N-dealkylation sites (N-methyl/N-ethyl adjacent to an activating group) is 1. The number of amides is 2. The lowest BCUT2D eigenvalue weighted by atomic mass is 10.2. The molecule has 0 saturated carbocycles. The molecule has 0 atom stereocenters. The molecule has 0 bridgehead atoms. The number of carboxylic acid groups (broad SMARTS) is 1. The zero-order valence-electron chi connectivity index (χ0n) is 11.9. The number of rotatable bonds is 9. The lowest BCUT2D eigenvalue weighted by Gasteiger charge is -2.21. The van der Waals surface area contributed by atoms with Gasteiger partial charge < -0.3 is 15.3 Å². The van der Waals surface area contributed by atoms with Gasteiger partial charge in [0.1, 0.15) is 0 Å². The van der Waals surface area contributed by atoms with Gasteiger partial charge in [0.2, 0.25) is 11.8 Å². The highest BCUT2D eigenvalue weighted by Gasteiger charge is 2.15. The molecule has 0 saturated heterocycles. The summed E-state index contributed by atoms with van der Waals surface area (Å²) in [6.07, 6.45) is 1.38. The van der Waals surface area contributed by atoms with E-state index in [2.05, 4.69) is 5.32 Å². The molecular formula is C13H24N2O4. The minimum atomic E-state index is -0.851. The highest BCUT2D eigenvalue weighted by atomic mass is 16.4. The number of nitrogens with zero attached hydrogens (tertiary/aromatic N) is 1. The largest absolute Gasteiger partial charge is 0.481 e. The Hall–Kier alpha value is -1.59. The van der Waals surface area contributed by atoms with Crippen LogP contribution >= 0.6 is 0 Å². The number of hydrogen-bond donors (Lipinski definition) is 2. The van der Waals surface area contributed by atoms with Gasteiger partial charge in [-0.1, -0.05) is 0 Å². The van der Waals surface area contributed by atoms with Gasteiger partial charge in [0, 0.05) is 25.4 Å². The second kappa shape index (κ2) is 9.35. The van der Waals surface area contributed by atoms with E-state index in [-0.39, 0.29) is 37.2 Å². The molecule has 6 nitrogen and oxygen atoms in total. The lowest BCUT2D eigenvalue weighted by Crippen LogP contribution is -2.42. The maximum atomic E-state index is 11.8. The summed E-state index contributed by atoms with van der Waals surface area (Å²) in [5.74, 6) is -1.13. The van der Waals surface area contributed by atoms with Gasteiger partial charge in [-0.3, -0.25) is 14.4 Å². The van der Waals surface area contributed by atoms with E-state index in [1.54, 1.807) is 0 Å². The molecule has 0 aliphatic heterocycles. The van der Waals surface area contributed by atoms with Gasteiger partial charge in [0.25, 0.3) is 0 Å². The quantitative estimate of drug-likeness (QED) is 0.613. The number of carbonyl (C=O) groups excluding carboxylic acids is 2. The smallest absolute Gasteiger partial charge is 0.303 e. The molecular weight excluding hydrogens is 248 g/mol. The summed E-state index contributed by atoms with van der Waals surface area (Å²) >= 11 is 0. The SMILES string of the molecule is CCN(CC(=O)NC(C)C)C(=O)CCCCC(=O)O. The van der Waals surface area contributed by atoms with Crippen LogP contribution in [-0.2, 0) is 14.4 Å². The molecule has 0 spiro atoms. The molecule has 0 unspecified atom stereocenters. The maximum absolute atomic E-state index is 11.8. The van der Waals surface area contributed by atoms with Crippen molar-refractivity contribution in [3.05, 3.63) is 0 Å². The molecule has 0 aliphatic rings. The third-order valence-electron chi connectivity index (χ3n) is 2.55. The molecule has 0 heterocycles. The molecule has 110 valence electrons. The van der Waals surface area contributed by atoms with Gasteiger partial charge in [0.15, 0.2) is 0 Å². The molecule has 0 aromatic heterocycles. The first-order valence-corrected chi connectivity index (χ1v) is 6.65. The molecule has 0 fully saturated rings. The van der Waals surface area contributed by atoms with Crippen LogP contribution < -0.4 is 5.32 Å². The van der Waals surface area contributed by atoms with Crippen LogP contribution in [0.5, 0.6) is 0 Å². The molecule has 0 radical (unpaired) electrons. The Bertz CT molecular complexity index is 316. The van der Waals surface area contributed by atoms with E-state index in [0.717, 1.165) is 0 Å². The predicted octanol–water partition coefficient (Wildman–Crippen LogP) is 1.00. The number of hydrogen-bond acceptors (Lipinski definition) is 3. The zero-order valence-corrected chi connectivity index (χ0v) is 11.9. The van der Waals surface area contributed by atoms with Crippen LogP contribution in [0.15, 0.2) is 0 Å². The monoisotopic (exact) mass is 272 g/mol. The van der Waals surface area contributed by atoms with Gasteiger partial charge >= 0.3 is 5.97 Å². The van der Waals surface area contributed by atoms with Crippen molar-refractivity contribution in [3.63, 3.8) is 0 Å². The van der Waals surface area contributed by atoms with Crippen LogP contribution in [0.1, 0.15) is 46.5 Å². The molecule has 6 heteroatoms. The predicted molar refractivity (Wildman–Crippen MR) is 71.6 cm³/mol. The first kappa shape index (κ1) is 17.4. The minimum Gasteiger partial charge on any atom is -0.481 e. The average Bonchev–Trinajstić information content (AvgIpc) is 2.30. The highest BCUT2D eigenvalue weighted by Crippen LogP contribution is 2.03. The molecule has 19 heavy (non-hydrogen) atoms. The van der Waals surface area contributed by atoms with Crippen LogP contribution in [0, 0.1) is 0 Å². The molecule has 0 rings (SSSR count). The molecule has 2 amide bonds. The van der Waals surface area contributed by atoms with Gasteiger partial charge in [-0.2, -0.15) is 0 Å². The van der Waals surface area contributed by atoms with E-state index >= 15 is 0 Å². The van der Waals surface area contributed by atoms with Gasteiger partial charge in [-0.05, 0) is 33.6 Å². The Kier molecular flexibility index (Phi) is 8.57. The summed E-state index contributed by atoms with van der Waals surface area (Å²) in [7, 11) is 0. The Balaban J connectivity index is 4.03. The number of carboxylic acids is 1. The summed E-state index contributed by atoms with van der Waals surface area (Å²) in [6.45, 7) is 6.08. The number of unbranched alkanes of at least 4 members (excludes halogenated alkanes) is 1. The Morgan fingerprint density at radius 2 is 1.74 bits per heavy atom. The summed E-state index contributed by atoms with van der Waals surface area (Å²) in [6, 6.07) is 0.0527. The fourth-order valence-corrected chi connectivity index (χ4v) is 1.63. The third-order valence-corrected chi connectivity index (χ3v) is 2.55. The first-order chi connectivity index (χ1) is 8.86. The normalized spacial score (nSPS) is 10.3. The van der Waals surface area contributed by atoms with Crippen molar-refractivity contribution in [3.8, 4) is 0 Å². The van der Waals surface area contributed by atoms with Crippen molar-refractivity contribution in [2.24, 2.45) is 0 Å². The number of nitrogens with one attached hydrogen (secondary N) is 1. The molecule has 0 aromatic rings. The van der Waals surface area contributed by atoms with Crippen molar-refractivity contribution in [1.29, 1.82) is 0 Å². The van der Waals surface area contributed by atoms with Gasteiger partial charge in [-0.15, -0.1) is 0 Å². The number of aliphatic carboxylic acids is 1. The van der Waals surface area contributed by atoms with E-state index in [9.17, 15) is 14.4 Å². The second-order valence-corrected chi connectivity index (χ2v) is 4.73. The molecule has 0 aromatic carbocycles. The number of carbonyl (C=O) groups is 3. The van der Waals surface area contributed by atoms with Crippen LogP contribution in [0.3, 0.4) is 0 Å². The Labute approximate surface area is 114 Å². The van der Waals surface area contributed by atoms with E-state index in [1.165, 1.54) is 4.90 Å². The van der Waals surface area contributed by atoms with Crippen LogP contribution in [-0.4, -0.2) is 46.9 Å². The summed E-state index contributed by atoms with van der Waals surface area (Å²) in [5, 5.41) is 11.2. The van der Waals surface area contributed by atoms with Gasteiger partial charge in [-0.25, -0.2) is 0 Å². The summed E-state index contributed by atoms with van der Waals surface area (Å²) in [5.41, 5.74) is 0. The van der Waals surface area contributed by atoms with Crippen LogP contribution in [0.4, 0.5) is 0 Å². The second-order valence-electron chi connectivity index (χ2n) is 4.73. The van der Waals surface area contributed by atoms with Crippen LogP contribution in [0.2, 0.25) is 0 Å². The van der Waals surface area contributed by atoms with E-state index in [0.29, 0.717) is 19.4 Å². The van der Waals surface area contributed by atoms with E-state index in [1.807, 2.05) is 20.8 Å². The van der Waals surface area contributed by atoms with Crippen LogP contribution in [0.25, 0.3) is 0 Å². The highest BCUT2D eigenvalue weighted by molar-refractivity contribution is 5.84.